The molecule has 4 heteroatoms. The fourth-order valence-corrected chi connectivity index (χ4v) is 2.45. The predicted octanol–water partition coefficient (Wildman–Crippen LogP) is 4.19. The van der Waals surface area contributed by atoms with Crippen LogP contribution in [0.4, 0.5) is 0 Å². The second-order valence-electron chi connectivity index (χ2n) is 5.00. The number of halogens is 2. The molecule has 18 heavy (non-hydrogen) atoms. The Labute approximate surface area is 119 Å². The van der Waals surface area contributed by atoms with E-state index >= 15 is 0 Å². The van der Waals surface area contributed by atoms with Crippen molar-refractivity contribution >= 4 is 29.0 Å². The van der Waals surface area contributed by atoms with Gasteiger partial charge in [-0.15, -0.1) is 0 Å². The molecule has 0 bridgehead atoms. The van der Waals surface area contributed by atoms with Crippen LogP contribution in [0.1, 0.15) is 39.7 Å². The summed E-state index contributed by atoms with van der Waals surface area (Å²) in [6.45, 7) is 7.61. The summed E-state index contributed by atoms with van der Waals surface area (Å²) in [5, 5.41) is 4.55. The van der Waals surface area contributed by atoms with Gasteiger partial charge in [0.05, 0.1) is 6.04 Å². The van der Waals surface area contributed by atoms with Gasteiger partial charge in [-0.2, -0.15) is 0 Å². The molecule has 0 aliphatic heterocycles. The van der Waals surface area contributed by atoms with Gasteiger partial charge in [0.25, 0.3) is 0 Å². The van der Waals surface area contributed by atoms with E-state index in [1.165, 1.54) is 0 Å². The van der Waals surface area contributed by atoms with E-state index in [0.717, 1.165) is 12.0 Å². The SMILES string of the molecule is CCC(NC(C)(C)c1cc(Cl)cc(Cl)c1)C(C)=O. The molecule has 0 fully saturated rings. The normalized spacial score (nSPS) is 13.4. The Bertz CT molecular complexity index is 423. The van der Waals surface area contributed by atoms with Gasteiger partial charge in [0, 0.05) is 15.6 Å². The molecule has 1 N–H and O–H groups in total. The van der Waals surface area contributed by atoms with Gasteiger partial charge in [-0.3, -0.25) is 10.1 Å². The third-order valence-corrected chi connectivity index (χ3v) is 3.45. The first kappa shape index (κ1) is 15.5. The highest BCUT2D eigenvalue weighted by atomic mass is 35.5. The number of carbonyl (C=O) groups excluding carboxylic acids is 1. The molecule has 0 saturated heterocycles. The van der Waals surface area contributed by atoms with Crippen LogP contribution >= 0.6 is 23.2 Å². The van der Waals surface area contributed by atoms with E-state index in [4.69, 9.17) is 23.2 Å². The number of hydrogen-bond donors (Lipinski definition) is 1. The van der Waals surface area contributed by atoms with Crippen LogP contribution < -0.4 is 5.32 Å². The summed E-state index contributed by atoms with van der Waals surface area (Å²) >= 11 is 12.0. The number of benzene rings is 1. The van der Waals surface area contributed by atoms with Crippen molar-refractivity contribution in [1.29, 1.82) is 0 Å². The topological polar surface area (TPSA) is 29.1 Å². The van der Waals surface area contributed by atoms with Gasteiger partial charge < -0.3 is 0 Å². The maximum atomic E-state index is 11.5. The van der Waals surface area contributed by atoms with E-state index in [1.807, 2.05) is 32.9 Å². The second kappa shape index (κ2) is 6.05. The molecule has 100 valence electrons. The monoisotopic (exact) mass is 287 g/mol. The molecule has 0 aromatic heterocycles. The van der Waals surface area contributed by atoms with Gasteiger partial charge in [-0.1, -0.05) is 30.1 Å². The van der Waals surface area contributed by atoms with Gasteiger partial charge >= 0.3 is 0 Å². The molecule has 0 amide bonds. The molecule has 0 aliphatic carbocycles. The Balaban J connectivity index is 3.01. The quantitative estimate of drug-likeness (QED) is 0.880. The minimum atomic E-state index is -0.360. The highest BCUT2D eigenvalue weighted by Gasteiger charge is 2.26. The molecule has 1 atom stereocenters. The predicted molar refractivity (Wildman–Crippen MR) is 77.4 cm³/mol. The number of Topliss-reactive ketones (excluding diaryl/α,β-unsaturated/α-hetero) is 1. The lowest BCUT2D eigenvalue weighted by Gasteiger charge is -2.31. The summed E-state index contributed by atoms with van der Waals surface area (Å²) in [5.74, 6) is 0.138. The Morgan fingerprint density at radius 2 is 1.78 bits per heavy atom. The van der Waals surface area contributed by atoms with Crippen LogP contribution in [0.5, 0.6) is 0 Å². The molecule has 0 spiro atoms. The number of nitrogens with one attached hydrogen (secondary N) is 1. The Morgan fingerprint density at radius 1 is 1.28 bits per heavy atom. The molecule has 0 aliphatic rings. The largest absolute Gasteiger partial charge is 0.298 e. The van der Waals surface area contributed by atoms with Gasteiger partial charge in [-0.05, 0) is 51.0 Å². The third-order valence-electron chi connectivity index (χ3n) is 3.02. The average Bonchev–Trinajstić information content (AvgIpc) is 2.24. The minimum Gasteiger partial charge on any atom is -0.298 e. The van der Waals surface area contributed by atoms with Crippen LogP contribution in [0.15, 0.2) is 18.2 Å². The van der Waals surface area contributed by atoms with Crippen LogP contribution in [0.25, 0.3) is 0 Å². The van der Waals surface area contributed by atoms with Crippen molar-refractivity contribution in [2.24, 2.45) is 0 Å². The molecule has 0 saturated carbocycles. The van der Waals surface area contributed by atoms with Crippen LogP contribution in [-0.4, -0.2) is 11.8 Å². The summed E-state index contributed by atoms with van der Waals surface area (Å²) in [6, 6.07) is 5.28. The van der Waals surface area contributed by atoms with E-state index in [2.05, 4.69) is 5.32 Å². The van der Waals surface area contributed by atoms with Crippen molar-refractivity contribution in [3.63, 3.8) is 0 Å². The summed E-state index contributed by atoms with van der Waals surface area (Å²) in [4.78, 5) is 11.5. The number of carbonyl (C=O) groups is 1. The average molecular weight is 288 g/mol. The van der Waals surface area contributed by atoms with Crippen LogP contribution in [0.3, 0.4) is 0 Å². The number of ketones is 1. The van der Waals surface area contributed by atoms with E-state index < -0.39 is 0 Å². The number of rotatable bonds is 5. The van der Waals surface area contributed by atoms with Crippen LogP contribution in [0.2, 0.25) is 10.0 Å². The fraction of sp³-hybridized carbons (Fsp3) is 0.500. The Kier molecular flexibility index (Phi) is 5.20. The molecular weight excluding hydrogens is 269 g/mol. The molecule has 1 rings (SSSR count). The molecule has 1 aromatic rings. The van der Waals surface area contributed by atoms with Crippen molar-refractivity contribution < 1.29 is 4.79 Å². The highest BCUT2D eigenvalue weighted by molar-refractivity contribution is 6.34. The summed E-state index contributed by atoms with van der Waals surface area (Å²) < 4.78 is 0. The van der Waals surface area contributed by atoms with Crippen molar-refractivity contribution in [2.45, 2.75) is 45.7 Å². The summed E-state index contributed by atoms with van der Waals surface area (Å²) in [5.41, 5.74) is 0.612. The lowest BCUT2D eigenvalue weighted by Crippen LogP contribution is -2.46. The van der Waals surface area contributed by atoms with E-state index in [0.29, 0.717) is 10.0 Å². The van der Waals surface area contributed by atoms with Crippen LogP contribution in [0, 0.1) is 0 Å². The smallest absolute Gasteiger partial charge is 0.146 e. The standard InChI is InChI=1S/C14H19Cl2NO/c1-5-13(9(2)18)17-14(3,4)10-6-11(15)8-12(16)7-10/h6-8,13,17H,5H2,1-4H3. The zero-order chi connectivity index (χ0) is 13.9. The number of hydrogen-bond acceptors (Lipinski definition) is 2. The van der Waals surface area contributed by atoms with Crippen LogP contribution in [-0.2, 0) is 10.3 Å². The summed E-state index contributed by atoms with van der Waals surface area (Å²) in [6.07, 6.45) is 0.757. The Hall–Kier alpha value is -0.570. The molecule has 2 nitrogen and oxygen atoms in total. The molecule has 1 unspecified atom stereocenters. The zero-order valence-electron chi connectivity index (χ0n) is 11.2. The van der Waals surface area contributed by atoms with Gasteiger partial charge in [-0.25, -0.2) is 0 Å². The zero-order valence-corrected chi connectivity index (χ0v) is 12.7. The summed E-state index contributed by atoms with van der Waals surface area (Å²) in [7, 11) is 0. The lowest BCUT2D eigenvalue weighted by molar-refractivity contribution is -0.119. The minimum absolute atomic E-state index is 0.138. The van der Waals surface area contributed by atoms with Crippen molar-refractivity contribution in [2.75, 3.05) is 0 Å². The lowest BCUT2D eigenvalue weighted by atomic mass is 9.92. The van der Waals surface area contributed by atoms with Crippen molar-refractivity contribution in [3.8, 4) is 0 Å². The maximum absolute atomic E-state index is 11.5. The van der Waals surface area contributed by atoms with Gasteiger partial charge in [0.15, 0.2) is 0 Å². The maximum Gasteiger partial charge on any atom is 0.146 e. The van der Waals surface area contributed by atoms with Crippen molar-refractivity contribution in [3.05, 3.63) is 33.8 Å². The van der Waals surface area contributed by atoms with Gasteiger partial charge in [0.2, 0.25) is 0 Å². The van der Waals surface area contributed by atoms with E-state index in [9.17, 15) is 4.79 Å². The third kappa shape index (κ3) is 3.98. The second-order valence-corrected chi connectivity index (χ2v) is 5.87. The first-order valence-electron chi connectivity index (χ1n) is 6.01. The molecule has 1 aromatic carbocycles. The first-order chi connectivity index (χ1) is 8.26. The fourth-order valence-electron chi connectivity index (χ4n) is 1.92. The molecule has 0 heterocycles. The molecular formula is C14H19Cl2NO. The molecule has 0 radical (unpaired) electrons. The van der Waals surface area contributed by atoms with Gasteiger partial charge in [0.1, 0.15) is 5.78 Å². The highest BCUT2D eigenvalue weighted by Crippen LogP contribution is 2.27. The first-order valence-corrected chi connectivity index (χ1v) is 6.76. The van der Waals surface area contributed by atoms with Crippen molar-refractivity contribution in [1.82, 2.24) is 5.32 Å². The Morgan fingerprint density at radius 3 is 2.17 bits per heavy atom. The van der Waals surface area contributed by atoms with E-state index in [1.54, 1.807) is 13.0 Å². The van der Waals surface area contributed by atoms with E-state index in [-0.39, 0.29) is 17.4 Å².